The van der Waals surface area contributed by atoms with Crippen LogP contribution in [0.15, 0.2) is 42.9 Å². The number of rotatable bonds is 4. The number of nitrogens with two attached hydrogens (primary N) is 1. The number of hydrogen-bond donors (Lipinski definition) is 1. The molecule has 0 radical (unpaired) electrons. The molecule has 3 aromatic rings. The molecule has 0 atom stereocenters. The molecule has 21 heavy (non-hydrogen) atoms. The Morgan fingerprint density at radius 3 is 2.95 bits per heavy atom. The van der Waals surface area contributed by atoms with Gasteiger partial charge in [-0.2, -0.15) is 0 Å². The first kappa shape index (κ1) is 13.5. The predicted octanol–water partition coefficient (Wildman–Crippen LogP) is 1.93. The van der Waals surface area contributed by atoms with E-state index in [-0.39, 0.29) is 5.78 Å². The van der Waals surface area contributed by atoms with Crippen molar-refractivity contribution in [1.82, 2.24) is 14.5 Å². The lowest BCUT2D eigenvalue weighted by molar-refractivity contribution is 0.103. The summed E-state index contributed by atoms with van der Waals surface area (Å²) in [5.41, 5.74) is 8.39. The minimum atomic E-state index is -0.0896. The zero-order chi connectivity index (χ0) is 14.8. The summed E-state index contributed by atoms with van der Waals surface area (Å²) in [4.78, 5) is 21.0. The minimum Gasteiger partial charge on any atom is -0.335 e. The molecule has 2 heterocycles. The van der Waals surface area contributed by atoms with Gasteiger partial charge >= 0.3 is 0 Å². The van der Waals surface area contributed by atoms with E-state index in [4.69, 9.17) is 5.73 Å². The number of nitrogens with zero attached hydrogens (tertiary/aromatic N) is 3. The molecule has 0 saturated carbocycles. The van der Waals surface area contributed by atoms with Gasteiger partial charge in [-0.1, -0.05) is 6.07 Å². The van der Waals surface area contributed by atoms with Crippen molar-refractivity contribution >= 4 is 16.7 Å². The topological polar surface area (TPSA) is 73.8 Å². The van der Waals surface area contributed by atoms with Gasteiger partial charge in [0, 0.05) is 35.9 Å². The number of aryl methyl sites for hydroxylation is 1. The third kappa shape index (κ3) is 2.68. The molecule has 0 fully saturated rings. The number of pyridine rings is 1. The molecule has 5 heteroatoms. The van der Waals surface area contributed by atoms with E-state index in [1.165, 1.54) is 0 Å². The monoisotopic (exact) mass is 280 g/mol. The molecule has 0 aliphatic heterocycles. The number of fused-ring (bicyclic) bond motifs is 1. The van der Waals surface area contributed by atoms with Gasteiger partial charge in [-0.05, 0) is 31.2 Å². The smallest absolute Gasteiger partial charge is 0.212 e. The van der Waals surface area contributed by atoms with Crippen LogP contribution in [0.25, 0.3) is 10.9 Å². The van der Waals surface area contributed by atoms with Gasteiger partial charge in [-0.3, -0.25) is 9.78 Å². The summed E-state index contributed by atoms with van der Waals surface area (Å²) < 4.78 is 1.82. The third-order valence-electron chi connectivity index (χ3n) is 3.34. The van der Waals surface area contributed by atoms with Crippen LogP contribution in [0.2, 0.25) is 0 Å². The molecule has 5 nitrogen and oxygen atoms in total. The van der Waals surface area contributed by atoms with Gasteiger partial charge in [0.1, 0.15) is 5.69 Å². The quantitative estimate of drug-likeness (QED) is 0.741. The standard InChI is InChI=1S/C16H16N4O/c1-11-2-3-12-8-13(4-5-14(12)19-11)16(21)15-9-20(7-6-17)10-18-15/h2-5,8-10H,6-7,17H2,1H3. The molecule has 0 amide bonds. The Balaban J connectivity index is 1.95. The summed E-state index contributed by atoms with van der Waals surface area (Å²) in [6.07, 6.45) is 3.36. The molecular formula is C16H16N4O. The van der Waals surface area contributed by atoms with Crippen molar-refractivity contribution in [3.8, 4) is 0 Å². The van der Waals surface area contributed by atoms with Crippen molar-refractivity contribution in [3.63, 3.8) is 0 Å². The van der Waals surface area contributed by atoms with Gasteiger partial charge in [0.25, 0.3) is 0 Å². The molecule has 0 unspecified atom stereocenters. The van der Waals surface area contributed by atoms with Crippen LogP contribution >= 0.6 is 0 Å². The Labute approximate surface area is 122 Å². The molecular weight excluding hydrogens is 264 g/mol. The number of carbonyl (C=O) groups excluding carboxylic acids is 1. The van der Waals surface area contributed by atoms with Gasteiger partial charge in [-0.25, -0.2) is 4.98 Å². The van der Waals surface area contributed by atoms with Crippen LogP contribution in [-0.2, 0) is 6.54 Å². The number of ketones is 1. The first-order valence-electron chi connectivity index (χ1n) is 6.81. The van der Waals surface area contributed by atoms with Gasteiger partial charge < -0.3 is 10.3 Å². The van der Waals surface area contributed by atoms with Crippen LogP contribution in [0.5, 0.6) is 0 Å². The third-order valence-corrected chi connectivity index (χ3v) is 3.34. The lowest BCUT2D eigenvalue weighted by Gasteiger charge is -2.02. The summed E-state index contributed by atoms with van der Waals surface area (Å²) in [6.45, 7) is 3.12. The van der Waals surface area contributed by atoms with Crippen molar-refractivity contribution in [3.05, 3.63) is 59.8 Å². The highest BCUT2D eigenvalue weighted by Gasteiger charge is 2.13. The number of hydrogen-bond acceptors (Lipinski definition) is 4. The summed E-state index contributed by atoms with van der Waals surface area (Å²) in [7, 11) is 0. The second kappa shape index (κ2) is 5.46. The van der Waals surface area contributed by atoms with Crippen molar-refractivity contribution in [2.75, 3.05) is 6.54 Å². The first-order valence-corrected chi connectivity index (χ1v) is 6.81. The van der Waals surface area contributed by atoms with E-state index in [0.29, 0.717) is 24.3 Å². The maximum atomic E-state index is 12.4. The Kier molecular flexibility index (Phi) is 3.50. The Morgan fingerprint density at radius 2 is 2.14 bits per heavy atom. The molecule has 0 bridgehead atoms. The number of aromatic nitrogens is 3. The second-order valence-electron chi connectivity index (χ2n) is 4.97. The molecule has 0 spiro atoms. The van der Waals surface area contributed by atoms with Gasteiger partial charge in [-0.15, -0.1) is 0 Å². The fourth-order valence-electron chi connectivity index (χ4n) is 2.27. The van der Waals surface area contributed by atoms with Crippen molar-refractivity contribution in [2.24, 2.45) is 5.73 Å². The Hall–Kier alpha value is -2.53. The van der Waals surface area contributed by atoms with Crippen LogP contribution in [0.4, 0.5) is 0 Å². The molecule has 1 aromatic carbocycles. The van der Waals surface area contributed by atoms with Gasteiger partial charge in [0.15, 0.2) is 0 Å². The Bertz CT molecular complexity index is 807. The summed E-state index contributed by atoms with van der Waals surface area (Å²) in [5, 5.41) is 0.952. The normalized spacial score (nSPS) is 11.0. The zero-order valence-corrected chi connectivity index (χ0v) is 11.8. The van der Waals surface area contributed by atoms with Crippen LogP contribution < -0.4 is 5.73 Å². The lowest BCUT2D eigenvalue weighted by Crippen LogP contribution is -2.08. The molecule has 0 aliphatic carbocycles. The number of imidazole rings is 1. The van der Waals surface area contributed by atoms with Crippen molar-refractivity contribution in [1.29, 1.82) is 0 Å². The summed E-state index contributed by atoms with van der Waals surface area (Å²) in [5.74, 6) is -0.0896. The summed E-state index contributed by atoms with van der Waals surface area (Å²) in [6, 6.07) is 9.42. The minimum absolute atomic E-state index is 0.0896. The molecule has 0 saturated heterocycles. The predicted molar refractivity (Wildman–Crippen MR) is 81.2 cm³/mol. The maximum Gasteiger partial charge on any atom is 0.212 e. The maximum absolute atomic E-state index is 12.4. The van der Waals surface area contributed by atoms with E-state index in [1.54, 1.807) is 18.6 Å². The Morgan fingerprint density at radius 1 is 1.29 bits per heavy atom. The second-order valence-corrected chi connectivity index (χ2v) is 4.97. The van der Waals surface area contributed by atoms with Crippen LogP contribution in [0.1, 0.15) is 21.7 Å². The first-order chi connectivity index (χ1) is 10.2. The highest BCUT2D eigenvalue weighted by molar-refractivity contribution is 6.09. The van der Waals surface area contributed by atoms with Crippen molar-refractivity contribution in [2.45, 2.75) is 13.5 Å². The molecule has 2 aromatic heterocycles. The van der Waals surface area contributed by atoms with E-state index in [9.17, 15) is 4.79 Å². The SMILES string of the molecule is Cc1ccc2cc(C(=O)c3cn(CCN)cn3)ccc2n1. The molecule has 2 N–H and O–H groups in total. The lowest BCUT2D eigenvalue weighted by atomic mass is 10.1. The highest BCUT2D eigenvalue weighted by atomic mass is 16.1. The fraction of sp³-hybridized carbons (Fsp3) is 0.188. The van der Waals surface area contributed by atoms with Crippen LogP contribution in [0.3, 0.4) is 0 Å². The summed E-state index contributed by atoms with van der Waals surface area (Å²) >= 11 is 0. The van der Waals surface area contributed by atoms with Gasteiger partial charge in [0.2, 0.25) is 5.78 Å². The average Bonchev–Trinajstić information content (AvgIpc) is 2.95. The van der Waals surface area contributed by atoms with Crippen LogP contribution in [-0.4, -0.2) is 26.9 Å². The number of carbonyl (C=O) groups is 1. The van der Waals surface area contributed by atoms with Crippen LogP contribution in [0, 0.1) is 6.92 Å². The molecule has 0 aliphatic rings. The molecule has 3 rings (SSSR count). The highest BCUT2D eigenvalue weighted by Crippen LogP contribution is 2.17. The fourth-order valence-corrected chi connectivity index (χ4v) is 2.27. The van der Waals surface area contributed by atoms with E-state index >= 15 is 0 Å². The van der Waals surface area contributed by atoms with Gasteiger partial charge in [0.05, 0.1) is 11.8 Å². The van der Waals surface area contributed by atoms with E-state index in [0.717, 1.165) is 16.6 Å². The zero-order valence-electron chi connectivity index (χ0n) is 11.8. The van der Waals surface area contributed by atoms with Crippen molar-refractivity contribution < 1.29 is 4.79 Å². The average molecular weight is 280 g/mol. The number of benzene rings is 1. The van der Waals surface area contributed by atoms with E-state index in [1.807, 2.05) is 35.8 Å². The largest absolute Gasteiger partial charge is 0.335 e. The molecule has 106 valence electrons. The van der Waals surface area contributed by atoms with E-state index in [2.05, 4.69) is 9.97 Å². The van der Waals surface area contributed by atoms with E-state index < -0.39 is 0 Å².